The lowest BCUT2D eigenvalue weighted by molar-refractivity contribution is 0.796. The van der Waals surface area contributed by atoms with Gasteiger partial charge < -0.3 is 9.13 Å². The summed E-state index contributed by atoms with van der Waals surface area (Å²) in [5, 5.41) is 4.54. The highest BCUT2D eigenvalue weighted by Crippen LogP contribution is 2.45. The van der Waals surface area contributed by atoms with E-state index in [1.54, 1.807) is 0 Å². The first-order chi connectivity index (χ1) is 31.2. The second-order valence-corrected chi connectivity index (χ2v) is 16.1. The maximum atomic E-state index is 5.45. The average molecular weight is 811 g/mol. The van der Waals surface area contributed by atoms with E-state index in [2.05, 4.69) is 222 Å². The van der Waals surface area contributed by atoms with Crippen LogP contribution in [0, 0.1) is 0 Å². The van der Waals surface area contributed by atoms with E-state index in [0.29, 0.717) is 0 Å². The molecule has 0 fully saturated rings. The molecule has 0 bridgehead atoms. The number of rotatable bonds is 8. The lowest BCUT2D eigenvalue weighted by Gasteiger charge is -2.20. The topological polar surface area (TPSA) is 53.5 Å². The monoisotopic (exact) mass is 810 g/mol. The Balaban J connectivity index is 1.21. The van der Waals surface area contributed by atoms with Crippen LogP contribution < -0.4 is 0 Å². The lowest BCUT2D eigenvalue weighted by atomic mass is 9.90. The van der Waals surface area contributed by atoms with E-state index in [9.17, 15) is 0 Å². The smallest absolute Gasteiger partial charge is 0.145 e. The minimum Gasteiger partial charge on any atom is -0.324 e. The van der Waals surface area contributed by atoms with Crippen molar-refractivity contribution in [3.63, 3.8) is 0 Å². The molecule has 0 aliphatic rings. The molecule has 6 nitrogen and oxygen atoms in total. The van der Waals surface area contributed by atoms with Gasteiger partial charge in [-0.25, -0.2) is 15.0 Å². The van der Waals surface area contributed by atoms with E-state index in [-0.39, 0.29) is 0 Å². The van der Waals surface area contributed by atoms with Crippen LogP contribution in [0.25, 0.3) is 117 Å². The Hall–Kier alpha value is -8.09. The molecule has 6 heteroatoms. The Kier molecular flexibility index (Phi) is 8.64. The van der Waals surface area contributed by atoms with Crippen LogP contribution in [0.4, 0.5) is 0 Å². The first kappa shape index (κ1) is 36.7. The number of hydrogen-bond donors (Lipinski definition) is 0. The molecule has 300 valence electrons. The summed E-state index contributed by atoms with van der Waals surface area (Å²) in [6.45, 7) is 6.01. The number of nitrogens with zero attached hydrogens (tertiary/aromatic N) is 6. The molecule has 0 amide bonds. The molecule has 12 rings (SSSR count). The third-order valence-electron chi connectivity index (χ3n) is 12.7. The van der Waals surface area contributed by atoms with Crippen molar-refractivity contribution in [3.8, 4) is 62.1 Å². The van der Waals surface area contributed by atoms with Gasteiger partial charge in [-0.1, -0.05) is 164 Å². The van der Waals surface area contributed by atoms with Crippen molar-refractivity contribution in [2.75, 3.05) is 0 Å². The van der Waals surface area contributed by atoms with Crippen molar-refractivity contribution >= 4 is 54.6 Å². The second-order valence-electron chi connectivity index (χ2n) is 16.1. The molecule has 0 saturated carbocycles. The highest BCUT2D eigenvalue weighted by molar-refractivity contribution is 6.18. The zero-order valence-corrected chi connectivity index (χ0v) is 35.1. The number of aromatic nitrogens is 6. The number of benzene rings is 9. The molecule has 0 atom stereocenters. The Morgan fingerprint density at radius 2 is 0.762 bits per heavy atom. The van der Waals surface area contributed by atoms with Crippen LogP contribution in [0.15, 0.2) is 194 Å². The molecule has 0 aliphatic heterocycles. The predicted molar refractivity (Wildman–Crippen MR) is 261 cm³/mol. The fourth-order valence-corrected chi connectivity index (χ4v) is 9.87. The maximum absolute atomic E-state index is 5.45. The first-order valence-corrected chi connectivity index (χ1v) is 21.8. The third-order valence-corrected chi connectivity index (χ3v) is 12.7. The van der Waals surface area contributed by atoms with Crippen LogP contribution in [0.2, 0.25) is 0 Å². The fraction of sp³-hybridized carbons (Fsp3) is 0.0702. The van der Waals surface area contributed by atoms with Gasteiger partial charge in [-0.2, -0.15) is 0 Å². The van der Waals surface area contributed by atoms with Crippen molar-refractivity contribution in [1.82, 2.24) is 28.7 Å². The van der Waals surface area contributed by atoms with E-state index in [4.69, 9.17) is 15.0 Å². The van der Waals surface area contributed by atoms with Crippen LogP contribution in [-0.4, -0.2) is 28.7 Å². The minimum absolute atomic E-state index is 0.805. The maximum Gasteiger partial charge on any atom is 0.145 e. The summed E-state index contributed by atoms with van der Waals surface area (Å²) in [6.07, 6.45) is 0. The van der Waals surface area contributed by atoms with Crippen LogP contribution in [0.3, 0.4) is 0 Å². The summed E-state index contributed by atoms with van der Waals surface area (Å²) in [4.78, 5) is 16.2. The number of fused-ring (bicyclic) bond motifs is 5. The van der Waals surface area contributed by atoms with Gasteiger partial charge >= 0.3 is 0 Å². The number of para-hydroxylation sites is 4. The zero-order chi connectivity index (χ0) is 42.0. The molecule has 63 heavy (non-hydrogen) atoms. The average Bonchev–Trinajstić information content (AvgIpc) is 4.05. The summed E-state index contributed by atoms with van der Waals surface area (Å²) in [5.41, 5.74) is 15.0. The SMILES string of the molecule is CCn1c(-c2ccccc2)nc2c(-c3cccc4c(-n5c(-c6ccccc6)nc6ccccc65)c5cccc(-c6cccc7c6nc(-c6ccccc6)n7CC)c5cc34)cccc21. The van der Waals surface area contributed by atoms with Crippen molar-refractivity contribution in [2.45, 2.75) is 26.9 Å². The Bertz CT molecular complexity index is 3510. The molecule has 0 radical (unpaired) electrons. The number of imidazole rings is 3. The second kappa shape index (κ2) is 14.8. The summed E-state index contributed by atoms with van der Waals surface area (Å²) >= 11 is 0. The van der Waals surface area contributed by atoms with E-state index in [0.717, 1.165) is 130 Å². The van der Waals surface area contributed by atoms with Gasteiger partial charge in [0.15, 0.2) is 0 Å². The van der Waals surface area contributed by atoms with Gasteiger partial charge in [0.1, 0.15) is 17.5 Å². The molecule has 0 N–H and O–H groups in total. The largest absolute Gasteiger partial charge is 0.324 e. The fourth-order valence-electron chi connectivity index (χ4n) is 9.87. The normalized spacial score (nSPS) is 11.8. The van der Waals surface area contributed by atoms with Crippen molar-refractivity contribution < 1.29 is 0 Å². The highest BCUT2D eigenvalue weighted by atomic mass is 15.1. The summed E-state index contributed by atoms with van der Waals surface area (Å²) in [6, 6.07) is 69.3. The Morgan fingerprint density at radius 3 is 1.25 bits per heavy atom. The number of hydrogen-bond acceptors (Lipinski definition) is 3. The van der Waals surface area contributed by atoms with E-state index in [1.165, 1.54) is 0 Å². The van der Waals surface area contributed by atoms with Crippen molar-refractivity contribution in [1.29, 1.82) is 0 Å². The van der Waals surface area contributed by atoms with Gasteiger partial charge in [0, 0.05) is 51.7 Å². The van der Waals surface area contributed by atoms with Gasteiger partial charge in [-0.05, 0) is 66.1 Å². The standard InChI is InChI=1S/C57H42N6/c1-3-61-50-34-18-28-42(52(50)59-55(61)37-20-8-5-9-21-37)40-26-16-30-44-46(40)36-47-41(43-29-19-35-51-53(43)60-56(62(51)4-2)38-22-10-6-11-23-38)27-17-31-45(47)54(44)63-49-33-15-14-32-48(49)58-57(63)39-24-12-7-13-25-39/h5-36H,3-4H2,1-2H3. The van der Waals surface area contributed by atoms with Crippen molar-refractivity contribution in [2.24, 2.45) is 0 Å². The lowest BCUT2D eigenvalue weighted by Crippen LogP contribution is -2.01. The molecule has 0 spiro atoms. The summed E-state index contributed by atoms with van der Waals surface area (Å²) in [7, 11) is 0. The third kappa shape index (κ3) is 5.75. The van der Waals surface area contributed by atoms with Crippen LogP contribution >= 0.6 is 0 Å². The molecule has 3 aromatic heterocycles. The first-order valence-electron chi connectivity index (χ1n) is 21.8. The Labute approximate surface area is 365 Å². The van der Waals surface area contributed by atoms with Gasteiger partial charge in [-0.15, -0.1) is 0 Å². The molecule has 9 aromatic carbocycles. The van der Waals surface area contributed by atoms with E-state index in [1.807, 2.05) is 0 Å². The molecular weight excluding hydrogens is 769 g/mol. The zero-order valence-electron chi connectivity index (χ0n) is 35.1. The van der Waals surface area contributed by atoms with E-state index >= 15 is 0 Å². The van der Waals surface area contributed by atoms with Crippen LogP contribution in [-0.2, 0) is 13.1 Å². The van der Waals surface area contributed by atoms with Crippen LogP contribution in [0.5, 0.6) is 0 Å². The molecule has 0 unspecified atom stereocenters. The summed E-state index contributed by atoms with van der Waals surface area (Å²) in [5.74, 6) is 2.84. The molecule has 3 heterocycles. The summed E-state index contributed by atoms with van der Waals surface area (Å²) < 4.78 is 7.06. The highest BCUT2D eigenvalue weighted by Gasteiger charge is 2.24. The molecule has 0 aliphatic carbocycles. The molecule has 0 saturated heterocycles. The van der Waals surface area contributed by atoms with Gasteiger partial charge in [0.05, 0.1) is 38.8 Å². The van der Waals surface area contributed by atoms with Crippen molar-refractivity contribution in [3.05, 3.63) is 194 Å². The quantitative estimate of drug-likeness (QED) is 0.144. The number of aryl methyl sites for hydroxylation is 2. The van der Waals surface area contributed by atoms with Gasteiger partial charge in [0.2, 0.25) is 0 Å². The van der Waals surface area contributed by atoms with Gasteiger partial charge in [-0.3, -0.25) is 4.57 Å². The predicted octanol–water partition coefficient (Wildman–Crippen LogP) is 14.4. The van der Waals surface area contributed by atoms with Gasteiger partial charge in [0.25, 0.3) is 0 Å². The van der Waals surface area contributed by atoms with Crippen LogP contribution in [0.1, 0.15) is 13.8 Å². The molecule has 12 aromatic rings. The Morgan fingerprint density at radius 1 is 0.349 bits per heavy atom. The van der Waals surface area contributed by atoms with E-state index < -0.39 is 0 Å². The minimum atomic E-state index is 0.805. The molecular formula is C57H42N6.